The van der Waals surface area contributed by atoms with Crippen molar-refractivity contribution < 1.29 is 4.74 Å². The van der Waals surface area contributed by atoms with Crippen LogP contribution in [0.3, 0.4) is 0 Å². The molecule has 2 aliphatic rings. The lowest BCUT2D eigenvalue weighted by Crippen LogP contribution is -2.30. The van der Waals surface area contributed by atoms with Crippen LogP contribution in [0.5, 0.6) is 5.75 Å². The lowest BCUT2D eigenvalue weighted by atomic mass is 9.98. The van der Waals surface area contributed by atoms with Gasteiger partial charge in [-0.05, 0) is 48.8 Å². The molecule has 0 spiro atoms. The standard InChI is InChI=1S/C16H24N2O/c1-11-7-12(3-6-16(11)19-2)8-18-9-13-4-5-15(17)14(13)10-18/h3,6-7,13-15H,4-5,8-10,17H2,1-2H3. The van der Waals surface area contributed by atoms with Crippen molar-refractivity contribution in [2.75, 3.05) is 20.2 Å². The predicted octanol–water partition coefficient (Wildman–Crippen LogP) is 2.17. The van der Waals surface area contributed by atoms with Gasteiger partial charge in [0.1, 0.15) is 5.75 Å². The third-order valence-corrected chi connectivity index (χ3v) is 4.85. The number of aryl methyl sites for hydroxylation is 1. The van der Waals surface area contributed by atoms with Crippen LogP contribution in [-0.4, -0.2) is 31.1 Å². The minimum absolute atomic E-state index is 0.438. The molecule has 3 nitrogen and oxygen atoms in total. The molecule has 0 radical (unpaired) electrons. The minimum atomic E-state index is 0.438. The fraction of sp³-hybridized carbons (Fsp3) is 0.625. The van der Waals surface area contributed by atoms with Gasteiger partial charge < -0.3 is 10.5 Å². The fourth-order valence-electron chi connectivity index (χ4n) is 3.83. The van der Waals surface area contributed by atoms with E-state index in [1.165, 1.54) is 37.1 Å². The van der Waals surface area contributed by atoms with Crippen molar-refractivity contribution >= 4 is 0 Å². The van der Waals surface area contributed by atoms with E-state index in [4.69, 9.17) is 10.5 Å². The van der Waals surface area contributed by atoms with Crippen LogP contribution < -0.4 is 10.5 Å². The second-order valence-corrected chi connectivity index (χ2v) is 6.16. The first kappa shape index (κ1) is 12.9. The Morgan fingerprint density at radius 1 is 1.32 bits per heavy atom. The van der Waals surface area contributed by atoms with Crippen molar-refractivity contribution in [2.45, 2.75) is 32.4 Å². The summed E-state index contributed by atoms with van der Waals surface area (Å²) >= 11 is 0. The highest BCUT2D eigenvalue weighted by molar-refractivity contribution is 5.36. The maximum Gasteiger partial charge on any atom is 0.121 e. The molecule has 1 saturated heterocycles. The molecule has 1 saturated carbocycles. The summed E-state index contributed by atoms with van der Waals surface area (Å²) < 4.78 is 5.31. The largest absolute Gasteiger partial charge is 0.496 e. The molecule has 3 rings (SSSR count). The van der Waals surface area contributed by atoms with Gasteiger partial charge in [-0.25, -0.2) is 0 Å². The zero-order valence-corrected chi connectivity index (χ0v) is 11.9. The molecule has 1 heterocycles. The van der Waals surface area contributed by atoms with Crippen molar-refractivity contribution in [3.8, 4) is 5.75 Å². The van der Waals surface area contributed by atoms with Crippen LogP contribution in [-0.2, 0) is 6.54 Å². The van der Waals surface area contributed by atoms with E-state index in [0.29, 0.717) is 6.04 Å². The van der Waals surface area contributed by atoms with Gasteiger partial charge in [0.15, 0.2) is 0 Å². The smallest absolute Gasteiger partial charge is 0.121 e. The van der Waals surface area contributed by atoms with Crippen molar-refractivity contribution in [1.82, 2.24) is 4.90 Å². The first-order valence-corrected chi connectivity index (χ1v) is 7.29. The summed E-state index contributed by atoms with van der Waals surface area (Å²) in [6.45, 7) is 5.56. The molecule has 1 aromatic carbocycles. The first-order valence-electron chi connectivity index (χ1n) is 7.29. The van der Waals surface area contributed by atoms with Gasteiger partial charge in [-0.3, -0.25) is 4.90 Å². The van der Waals surface area contributed by atoms with Crippen LogP contribution in [0.25, 0.3) is 0 Å². The van der Waals surface area contributed by atoms with Crippen LogP contribution in [0.2, 0.25) is 0 Å². The Labute approximate surface area is 115 Å². The number of nitrogens with two attached hydrogens (primary N) is 1. The molecule has 2 fully saturated rings. The van der Waals surface area contributed by atoms with Crippen LogP contribution >= 0.6 is 0 Å². The van der Waals surface area contributed by atoms with Crippen LogP contribution in [0.1, 0.15) is 24.0 Å². The number of hydrogen-bond donors (Lipinski definition) is 1. The van der Waals surface area contributed by atoms with E-state index in [1.54, 1.807) is 7.11 Å². The normalized spacial score (nSPS) is 30.6. The van der Waals surface area contributed by atoms with E-state index >= 15 is 0 Å². The first-order chi connectivity index (χ1) is 9.17. The molecule has 3 heteroatoms. The summed E-state index contributed by atoms with van der Waals surface area (Å²) in [6.07, 6.45) is 2.55. The van der Waals surface area contributed by atoms with E-state index in [-0.39, 0.29) is 0 Å². The highest BCUT2D eigenvalue weighted by Gasteiger charge is 2.40. The summed E-state index contributed by atoms with van der Waals surface area (Å²) in [5.74, 6) is 2.55. The van der Waals surface area contributed by atoms with Crippen molar-refractivity contribution in [3.05, 3.63) is 29.3 Å². The Balaban J connectivity index is 1.65. The monoisotopic (exact) mass is 260 g/mol. The third kappa shape index (κ3) is 2.49. The van der Waals surface area contributed by atoms with Gasteiger partial charge in [0.05, 0.1) is 7.11 Å². The SMILES string of the molecule is COc1ccc(CN2CC3CCC(N)C3C2)cc1C. The van der Waals surface area contributed by atoms with Gasteiger partial charge in [-0.2, -0.15) is 0 Å². The maximum atomic E-state index is 6.19. The average molecular weight is 260 g/mol. The van der Waals surface area contributed by atoms with Crippen molar-refractivity contribution in [2.24, 2.45) is 17.6 Å². The van der Waals surface area contributed by atoms with Crippen molar-refractivity contribution in [1.29, 1.82) is 0 Å². The van der Waals surface area contributed by atoms with E-state index < -0.39 is 0 Å². The molecule has 1 aliphatic heterocycles. The molecular weight excluding hydrogens is 236 g/mol. The Kier molecular flexibility index (Phi) is 3.50. The Morgan fingerprint density at radius 2 is 2.16 bits per heavy atom. The number of likely N-dealkylation sites (tertiary alicyclic amines) is 1. The number of fused-ring (bicyclic) bond motifs is 1. The molecule has 19 heavy (non-hydrogen) atoms. The van der Waals surface area contributed by atoms with Gasteiger partial charge in [0.2, 0.25) is 0 Å². The predicted molar refractivity (Wildman–Crippen MR) is 77.2 cm³/mol. The van der Waals surface area contributed by atoms with E-state index in [0.717, 1.165) is 24.1 Å². The highest BCUT2D eigenvalue weighted by Crippen LogP contribution is 2.37. The summed E-state index contributed by atoms with van der Waals surface area (Å²) in [6, 6.07) is 6.94. The van der Waals surface area contributed by atoms with Gasteiger partial charge in [0.25, 0.3) is 0 Å². The Morgan fingerprint density at radius 3 is 2.84 bits per heavy atom. The molecule has 3 unspecified atom stereocenters. The van der Waals surface area contributed by atoms with Gasteiger partial charge in [-0.15, -0.1) is 0 Å². The Bertz CT molecular complexity index is 460. The zero-order valence-electron chi connectivity index (χ0n) is 11.9. The molecule has 1 aromatic rings. The maximum absolute atomic E-state index is 6.19. The molecule has 104 valence electrons. The Hall–Kier alpha value is -1.06. The summed E-state index contributed by atoms with van der Waals surface area (Å²) in [5.41, 5.74) is 8.79. The number of nitrogens with zero attached hydrogens (tertiary/aromatic N) is 1. The highest BCUT2D eigenvalue weighted by atomic mass is 16.5. The van der Waals surface area contributed by atoms with Gasteiger partial charge >= 0.3 is 0 Å². The topological polar surface area (TPSA) is 38.5 Å². The molecule has 3 atom stereocenters. The second kappa shape index (κ2) is 5.14. The van der Waals surface area contributed by atoms with E-state index in [1.807, 2.05) is 0 Å². The molecule has 0 aromatic heterocycles. The zero-order chi connectivity index (χ0) is 13.4. The number of benzene rings is 1. The van der Waals surface area contributed by atoms with Gasteiger partial charge in [-0.1, -0.05) is 12.1 Å². The quantitative estimate of drug-likeness (QED) is 0.905. The van der Waals surface area contributed by atoms with Crippen molar-refractivity contribution in [3.63, 3.8) is 0 Å². The molecule has 1 aliphatic carbocycles. The molecule has 2 N–H and O–H groups in total. The second-order valence-electron chi connectivity index (χ2n) is 6.16. The van der Waals surface area contributed by atoms with E-state index in [9.17, 15) is 0 Å². The third-order valence-electron chi connectivity index (χ3n) is 4.85. The fourth-order valence-corrected chi connectivity index (χ4v) is 3.83. The lowest BCUT2D eigenvalue weighted by Gasteiger charge is -2.19. The number of methoxy groups -OCH3 is 1. The molecule has 0 bridgehead atoms. The molecule has 0 amide bonds. The number of ether oxygens (including phenoxy) is 1. The van der Waals surface area contributed by atoms with Crippen LogP contribution in [0, 0.1) is 18.8 Å². The van der Waals surface area contributed by atoms with Crippen LogP contribution in [0.4, 0.5) is 0 Å². The molecular formula is C16H24N2O. The van der Waals surface area contributed by atoms with E-state index in [2.05, 4.69) is 30.0 Å². The average Bonchev–Trinajstić information content (AvgIpc) is 2.92. The van der Waals surface area contributed by atoms with Gasteiger partial charge in [0, 0.05) is 25.7 Å². The number of hydrogen-bond acceptors (Lipinski definition) is 3. The summed E-state index contributed by atoms with van der Waals surface area (Å²) in [4.78, 5) is 2.57. The van der Waals surface area contributed by atoms with Crippen LogP contribution in [0.15, 0.2) is 18.2 Å². The summed E-state index contributed by atoms with van der Waals surface area (Å²) in [5, 5.41) is 0. The minimum Gasteiger partial charge on any atom is -0.496 e. The number of rotatable bonds is 3. The lowest BCUT2D eigenvalue weighted by molar-refractivity contribution is 0.298. The summed E-state index contributed by atoms with van der Waals surface area (Å²) in [7, 11) is 1.73.